The van der Waals surface area contributed by atoms with E-state index in [9.17, 15) is 24.3 Å². The van der Waals surface area contributed by atoms with Gasteiger partial charge in [0.05, 0.1) is 26.7 Å². The minimum atomic E-state index is -0.987. The molecule has 27 heavy (non-hydrogen) atoms. The third kappa shape index (κ3) is 4.17. The van der Waals surface area contributed by atoms with Gasteiger partial charge in [-0.15, -0.1) is 0 Å². The zero-order valence-corrected chi connectivity index (χ0v) is 15.8. The summed E-state index contributed by atoms with van der Waals surface area (Å²) in [5.74, 6) is -3.61. The smallest absolute Gasteiger partial charge is 0.326 e. The second kappa shape index (κ2) is 7.89. The third-order valence-electron chi connectivity index (χ3n) is 3.68. The molecule has 0 aromatic heterocycles. The molecule has 0 spiro atoms. The van der Waals surface area contributed by atoms with E-state index in [-0.39, 0.29) is 32.5 Å². The molecule has 10 heteroatoms. The number of rotatable bonds is 6. The number of aliphatic hydroxyl groups excluding tert-OH is 1. The molecule has 0 fully saturated rings. The summed E-state index contributed by atoms with van der Waals surface area (Å²) < 4.78 is 4.80. The van der Waals surface area contributed by atoms with Crippen LogP contribution >= 0.6 is 23.2 Å². The van der Waals surface area contributed by atoms with Gasteiger partial charge in [-0.3, -0.25) is 24.1 Å². The van der Waals surface area contributed by atoms with E-state index in [1.165, 1.54) is 19.1 Å². The van der Waals surface area contributed by atoms with E-state index >= 15 is 0 Å². The first-order valence-corrected chi connectivity index (χ1v) is 8.29. The Morgan fingerprint density at radius 2 is 1.59 bits per heavy atom. The summed E-state index contributed by atoms with van der Waals surface area (Å²) >= 11 is 11.7. The minimum absolute atomic E-state index is 0.0169. The molecule has 1 heterocycles. The topological polar surface area (TPSA) is 125 Å². The fourth-order valence-corrected chi connectivity index (χ4v) is 2.83. The minimum Gasteiger partial charge on any atom is -0.508 e. The average molecular weight is 413 g/mol. The van der Waals surface area contributed by atoms with Gasteiger partial charge in [-0.2, -0.15) is 0 Å². The summed E-state index contributed by atoms with van der Waals surface area (Å²) in [5.41, 5.74) is -0.426. The molecule has 1 aliphatic heterocycles. The number of allylic oxidation sites excluding steroid dienone is 1. The third-order valence-corrected chi connectivity index (χ3v) is 4.41. The van der Waals surface area contributed by atoms with Crippen LogP contribution in [0.4, 0.5) is 0 Å². The normalized spacial score (nSPS) is 14.0. The fraction of sp³-hybridized carbons (Fsp3) is 0.235. The Morgan fingerprint density at radius 3 is 2.00 bits per heavy atom. The largest absolute Gasteiger partial charge is 0.508 e. The van der Waals surface area contributed by atoms with Crippen LogP contribution in [0.1, 0.15) is 34.6 Å². The van der Waals surface area contributed by atoms with Crippen LogP contribution in [0.5, 0.6) is 0 Å². The van der Waals surface area contributed by atoms with Crippen molar-refractivity contribution in [3.63, 3.8) is 0 Å². The van der Waals surface area contributed by atoms with Crippen molar-refractivity contribution in [3.05, 3.63) is 44.6 Å². The summed E-state index contributed by atoms with van der Waals surface area (Å²) in [5, 5.41) is 17.5. The van der Waals surface area contributed by atoms with E-state index in [1.54, 1.807) is 0 Å². The van der Waals surface area contributed by atoms with E-state index in [1.807, 2.05) is 0 Å². The Labute approximate surface area is 163 Å². The number of Topliss-reactive ketones (excluding diaryl/α,β-unsaturated/α-hetero) is 1. The lowest BCUT2D eigenvalue weighted by molar-refractivity contribution is -0.143. The molecule has 0 radical (unpaired) electrons. The summed E-state index contributed by atoms with van der Waals surface area (Å²) in [4.78, 5) is 48.6. The first kappa shape index (κ1) is 20.6. The van der Waals surface area contributed by atoms with Crippen molar-refractivity contribution in [2.45, 2.75) is 13.8 Å². The lowest BCUT2D eigenvalue weighted by Crippen LogP contribution is -2.36. The fourth-order valence-electron chi connectivity index (χ4n) is 2.51. The van der Waals surface area contributed by atoms with Crippen LogP contribution in [0, 0.1) is 5.41 Å². The molecule has 1 aromatic carbocycles. The number of carbonyl (C=O) groups excluding carboxylic acids is 4. The monoisotopic (exact) mass is 412 g/mol. The lowest BCUT2D eigenvalue weighted by Gasteiger charge is -2.13. The number of nitrogens with one attached hydrogen (secondary N) is 1. The van der Waals surface area contributed by atoms with Crippen LogP contribution in [0.15, 0.2) is 23.5 Å². The number of esters is 1. The Bertz CT molecular complexity index is 865. The van der Waals surface area contributed by atoms with Crippen LogP contribution in [-0.2, 0) is 14.3 Å². The van der Waals surface area contributed by atoms with Crippen LogP contribution in [0.3, 0.4) is 0 Å². The summed E-state index contributed by atoms with van der Waals surface area (Å²) in [7, 11) is 0. The standard InChI is InChI=1S/C17H14Cl2N2O6/c1-7(20)15(8(2)22)13(23)6-27-14(24)5-21-16(25)9-3-11(18)12(19)4-10(9)17(21)26/h3-4,20,23H,5-6H2,1-2H3/b15-13+,20-7?. The van der Waals surface area contributed by atoms with Crippen molar-refractivity contribution in [1.82, 2.24) is 4.90 Å². The number of halogens is 2. The zero-order valence-electron chi connectivity index (χ0n) is 14.3. The molecule has 0 atom stereocenters. The highest BCUT2D eigenvalue weighted by atomic mass is 35.5. The molecular weight excluding hydrogens is 399 g/mol. The summed E-state index contributed by atoms with van der Waals surface area (Å²) in [6.45, 7) is 1.07. The first-order valence-electron chi connectivity index (χ1n) is 7.54. The first-order chi connectivity index (χ1) is 12.5. The highest BCUT2D eigenvalue weighted by Gasteiger charge is 2.37. The van der Waals surface area contributed by atoms with Crippen molar-refractivity contribution in [1.29, 1.82) is 5.41 Å². The molecule has 0 saturated heterocycles. The molecule has 1 aliphatic rings. The van der Waals surface area contributed by atoms with Gasteiger partial charge in [-0.25, -0.2) is 0 Å². The highest BCUT2D eigenvalue weighted by molar-refractivity contribution is 6.43. The molecule has 0 aliphatic carbocycles. The Morgan fingerprint density at radius 1 is 1.11 bits per heavy atom. The molecule has 0 saturated carbocycles. The molecule has 0 unspecified atom stereocenters. The summed E-state index contributed by atoms with van der Waals surface area (Å²) in [6, 6.07) is 2.48. The predicted molar refractivity (Wildman–Crippen MR) is 96.5 cm³/mol. The number of aliphatic hydroxyl groups is 1. The van der Waals surface area contributed by atoms with E-state index in [0.29, 0.717) is 4.90 Å². The highest BCUT2D eigenvalue weighted by Crippen LogP contribution is 2.31. The molecular formula is C17H14Cl2N2O6. The van der Waals surface area contributed by atoms with Crippen LogP contribution < -0.4 is 0 Å². The number of hydrogen-bond donors (Lipinski definition) is 2. The maximum Gasteiger partial charge on any atom is 0.326 e. The van der Waals surface area contributed by atoms with Crippen molar-refractivity contribution in [2.75, 3.05) is 13.2 Å². The van der Waals surface area contributed by atoms with Gasteiger partial charge in [0.2, 0.25) is 0 Å². The van der Waals surface area contributed by atoms with Crippen molar-refractivity contribution < 1.29 is 29.0 Å². The zero-order chi connectivity index (χ0) is 20.5. The molecule has 2 amide bonds. The second-order valence-corrected chi connectivity index (χ2v) is 6.49. The number of nitrogens with zero attached hydrogens (tertiary/aromatic N) is 1. The Hall–Kier alpha value is -2.71. The number of fused-ring (bicyclic) bond motifs is 1. The molecule has 142 valence electrons. The average Bonchev–Trinajstić information content (AvgIpc) is 2.78. The van der Waals surface area contributed by atoms with Gasteiger partial charge < -0.3 is 15.3 Å². The van der Waals surface area contributed by atoms with Gasteiger partial charge in [0.25, 0.3) is 11.8 Å². The van der Waals surface area contributed by atoms with Crippen LogP contribution in [-0.4, -0.2) is 52.4 Å². The molecule has 2 N–H and O–H groups in total. The SMILES string of the molecule is CC(=N)/C(C(C)=O)=C(\O)COC(=O)CN1C(=O)c2cc(Cl)c(Cl)cc2C1=O. The quantitative estimate of drug-likeness (QED) is 0.243. The predicted octanol–water partition coefficient (Wildman–Crippen LogP) is 2.57. The Balaban J connectivity index is 2.10. The van der Waals surface area contributed by atoms with Crippen molar-refractivity contribution >= 4 is 52.5 Å². The number of imide groups is 1. The number of benzene rings is 1. The van der Waals surface area contributed by atoms with Crippen molar-refractivity contribution in [2.24, 2.45) is 0 Å². The number of ketones is 1. The van der Waals surface area contributed by atoms with Gasteiger partial charge in [0.1, 0.15) is 18.9 Å². The van der Waals surface area contributed by atoms with Gasteiger partial charge in [-0.05, 0) is 26.0 Å². The number of ether oxygens (including phenoxy) is 1. The lowest BCUT2D eigenvalue weighted by atomic mass is 10.1. The number of carbonyl (C=O) groups is 4. The van der Waals surface area contributed by atoms with Gasteiger partial charge in [0, 0.05) is 5.71 Å². The molecule has 0 bridgehead atoms. The molecule has 8 nitrogen and oxygen atoms in total. The summed E-state index contributed by atoms with van der Waals surface area (Å²) in [6.07, 6.45) is 0. The van der Waals surface area contributed by atoms with Crippen LogP contribution in [0.2, 0.25) is 10.0 Å². The van der Waals surface area contributed by atoms with E-state index in [0.717, 1.165) is 6.92 Å². The maximum atomic E-state index is 12.3. The second-order valence-electron chi connectivity index (χ2n) is 5.67. The van der Waals surface area contributed by atoms with Crippen LogP contribution in [0.25, 0.3) is 0 Å². The van der Waals surface area contributed by atoms with E-state index in [4.69, 9.17) is 33.3 Å². The number of hydrogen-bond acceptors (Lipinski definition) is 7. The molecule has 1 aromatic rings. The van der Waals surface area contributed by atoms with E-state index in [2.05, 4.69) is 0 Å². The molecule has 2 rings (SSSR count). The number of amides is 2. The van der Waals surface area contributed by atoms with Gasteiger partial charge in [0.15, 0.2) is 5.78 Å². The van der Waals surface area contributed by atoms with Gasteiger partial charge in [-0.1, -0.05) is 23.2 Å². The Kier molecular flexibility index (Phi) is 6.02. The van der Waals surface area contributed by atoms with E-state index < -0.39 is 42.5 Å². The maximum absolute atomic E-state index is 12.3. The van der Waals surface area contributed by atoms with Crippen molar-refractivity contribution in [3.8, 4) is 0 Å². The van der Waals surface area contributed by atoms with Gasteiger partial charge >= 0.3 is 5.97 Å².